The molecule has 4 N–H and O–H groups in total. The molecule has 1 aliphatic rings. The molecule has 1 unspecified atom stereocenters. The van der Waals surface area contributed by atoms with Crippen molar-refractivity contribution >= 4 is 17.5 Å². The average molecular weight is 465 g/mol. The van der Waals surface area contributed by atoms with Crippen molar-refractivity contribution in [2.75, 3.05) is 25.2 Å². The van der Waals surface area contributed by atoms with Crippen molar-refractivity contribution in [1.82, 2.24) is 5.32 Å². The fourth-order valence-corrected chi connectivity index (χ4v) is 3.45. The van der Waals surface area contributed by atoms with Crippen LogP contribution in [0.15, 0.2) is 36.4 Å². The average Bonchev–Trinajstić information content (AvgIpc) is 2.89. The number of carbonyl (C=O) groups is 2. The van der Waals surface area contributed by atoms with E-state index < -0.39 is 36.4 Å². The summed E-state index contributed by atoms with van der Waals surface area (Å²) in [6.45, 7) is 8.01. The highest BCUT2D eigenvalue weighted by Crippen LogP contribution is 2.31. The standard InChI is InChI=1S/C24H36N2O7/c1-6-13-26-16-9-7-8-10-18(16)33-14-15(23(26)31)25-22(30)21(32-5)20(29)19(28)17(27)11-12-24(2,3)4/h7-12,15,17,19-21,27-29H,6,13-14H2,1-5H3,(H,25,30)/b12-11+/t15?,17-,19+,20-,21-/m1/s1. The fraction of sp³-hybridized carbons (Fsp3) is 0.583. The molecule has 2 amide bonds. The minimum Gasteiger partial charge on any atom is -0.489 e. The zero-order valence-corrected chi connectivity index (χ0v) is 19.9. The second-order valence-corrected chi connectivity index (χ2v) is 9.18. The van der Waals surface area contributed by atoms with Crippen LogP contribution in [0.2, 0.25) is 0 Å². The van der Waals surface area contributed by atoms with Gasteiger partial charge in [-0.25, -0.2) is 0 Å². The summed E-state index contributed by atoms with van der Waals surface area (Å²) in [4.78, 5) is 27.6. The Morgan fingerprint density at radius 3 is 2.55 bits per heavy atom. The van der Waals surface area contributed by atoms with Gasteiger partial charge in [-0.05, 0) is 24.0 Å². The van der Waals surface area contributed by atoms with Gasteiger partial charge in [0.2, 0.25) is 0 Å². The molecule has 184 valence electrons. The molecule has 9 nitrogen and oxygen atoms in total. The maximum atomic E-state index is 13.2. The van der Waals surface area contributed by atoms with Gasteiger partial charge in [0.15, 0.2) is 6.10 Å². The number of rotatable bonds is 9. The van der Waals surface area contributed by atoms with E-state index in [-0.39, 0.29) is 17.9 Å². The molecule has 0 saturated carbocycles. The SMILES string of the molecule is CCCN1C(=O)C(NC(=O)[C@H](OC)[C@H](O)[C@@H](O)[C@H](O)/C=C/C(C)(C)C)COc2ccccc21. The molecule has 1 aromatic rings. The number of ether oxygens (including phenoxy) is 2. The molecule has 0 saturated heterocycles. The lowest BCUT2D eigenvalue weighted by atomic mass is 9.94. The highest BCUT2D eigenvalue weighted by molar-refractivity contribution is 6.01. The van der Waals surface area contributed by atoms with Crippen molar-refractivity contribution in [3.63, 3.8) is 0 Å². The van der Waals surface area contributed by atoms with Crippen LogP contribution in [-0.4, -0.2) is 77.9 Å². The van der Waals surface area contributed by atoms with E-state index in [4.69, 9.17) is 9.47 Å². The summed E-state index contributed by atoms with van der Waals surface area (Å²) in [6.07, 6.45) is -2.59. The monoisotopic (exact) mass is 464 g/mol. The summed E-state index contributed by atoms with van der Waals surface area (Å²) in [5.74, 6) is -0.628. The molecule has 1 aromatic carbocycles. The topological polar surface area (TPSA) is 129 Å². The first-order valence-electron chi connectivity index (χ1n) is 11.1. The number of nitrogens with zero attached hydrogens (tertiary/aromatic N) is 1. The summed E-state index contributed by atoms with van der Waals surface area (Å²) < 4.78 is 10.9. The van der Waals surface area contributed by atoms with E-state index in [0.29, 0.717) is 24.4 Å². The van der Waals surface area contributed by atoms with Crippen LogP contribution < -0.4 is 15.0 Å². The number of hydrogen-bond acceptors (Lipinski definition) is 7. The minimum absolute atomic E-state index is 0.103. The number of nitrogens with one attached hydrogen (secondary N) is 1. The summed E-state index contributed by atoms with van der Waals surface area (Å²) in [7, 11) is 1.20. The van der Waals surface area contributed by atoms with Gasteiger partial charge in [0.05, 0.1) is 5.69 Å². The summed E-state index contributed by atoms with van der Waals surface area (Å²) >= 11 is 0. The van der Waals surface area contributed by atoms with Gasteiger partial charge in [0.25, 0.3) is 11.8 Å². The highest BCUT2D eigenvalue weighted by atomic mass is 16.5. The van der Waals surface area contributed by atoms with Crippen molar-refractivity contribution in [2.45, 2.75) is 64.6 Å². The lowest BCUT2D eigenvalue weighted by Crippen LogP contribution is -2.57. The maximum Gasteiger partial charge on any atom is 0.253 e. The van der Waals surface area contributed by atoms with Gasteiger partial charge < -0.3 is 35.0 Å². The molecule has 1 heterocycles. The van der Waals surface area contributed by atoms with Crippen LogP contribution >= 0.6 is 0 Å². The summed E-state index contributed by atoms with van der Waals surface area (Å²) in [6, 6.07) is 6.10. The Hall–Kier alpha value is -2.46. The molecule has 0 bridgehead atoms. The lowest BCUT2D eigenvalue weighted by molar-refractivity contribution is -0.150. The third kappa shape index (κ3) is 7.01. The van der Waals surface area contributed by atoms with Crippen LogP contribution in [0.3, 0.4) is 0 Å². The number of fused-ring (bicyclic) bond motifs is 1. The molecular formula is C24H36N2O7. The van der Waals surface area contributed by atoms with Crippen molar-refractivity contribution in [2.24, 2.45) is 5.41 Å². The Bertz CT molecular complexity index is 836. The number of allylic oxidation sites excluding steroid dienone is 1. The Balaban J connectivity index is 2.14. The van der Waals surface area contributed by atoms with E-state index in [0.717, 1.165) is 0 Å². The first kappa shape index (κ1) is 26.8. The van der Waals surface area contributed by atoms with Gasteiger partial charge in [0, 0.05) is 13.7 Å². The number of amides is 2. The molecule has 33 heavy (non-hydrogen) atoms. The third-order valence-electron chi connectivity index (χ3n) is 5.21. The fourth-order valence-electron chi connectivity index (χ4n) is 3.45. The summed E-state index contributed by atoms with van der Waals surface area (Å²) in [5.41, 5.74) is 0.375. The van der Waals surface area contributed by atoms with Crippen molar-refractivity contribution in [3.05, 3.63) is 36.4 Å². The van der Waals surface area contributed by atoms with Gasteiger partial charge in [-0.3, -0.25) is 9.59 Å². The number of methoxy groups -OCH3 is 1. The van der Waals surface area contributed by atoms with Gasteiger partial charge in [-0.15, -0.1) is 0 Å². The first-order valence-corrected chi connectivity index (χ1v) is 11.1. The smallest absolute Gasteiger partial charge is 0.253 e. The van der Waals surface area contributed by atoms with E-state index in [1.807, 2.05) is 27.7 Å². The molecule has 1 aliphatic heterocycles. The van der Waals surface area contributed by atoms with E-state index in [1.54, 1.807) is 35.2 Å². The molecule has 0 aromatic heterocycles. The molecule has 9 heteroatoms. The van der Waals surface area contributed by atoms with Crippen molar-refractivity contribution < 1.29 is 34.4 Å². The van der Waals surface area contributed by atoms with Crippen LogP contribution in [0.25, 0.3) is 0 Å². The summed E-state index contributed by atoms with van der Waals surface area (Å²) in [5, 5.41) is 33.6. The van der Waals surface area contributed by atoms with Crippen LogP contribution in [0, 0.1) is 5.41 Å². The van der Waals surface area contributed by atoms with E-state index in [2.05, 4.69) is 5.32 Å². The first-order chi connectivity index (χ1) is 15.5. The second-order valence-electron chi connectivity index (χ2n) is 9.18. The quantitative estimate of drug-likeness (QED) is 0.402. The molecule has 0 spiro atoms. The van der Waals surface area contributed by atoms with Gasteiger partial charge in [-0.2, -0.15) is 0 Å². The lowest BCUT2D eigenvalue weighted by Gasteiger charge is -2.29. The zero-order chi connectivity index (χ0) is 24.8. The normalized spacial score (nSPS) is 20.4. The number of para-hydroxylation sites is 2. The van der Waals surface area contributed by atoms with E-state index in [1.165, 1.54) is 13.2 Å². The molecule has 0 fully saturated rings. The molecule has 0 aliphatic carbocycles. The Labute approximate surface area is 195 Å². The predicted molar refractivity (Wildman–Crippen MR) is 124 cm³/mol. The number of benzene rings is 1. The maximum absolute atomic E-state index is 13.2. The number of anilines is 1. The van der Waals surface area contributed by atoms with Crippen molar-refractivity contribution in [1.29, 1.82) is 0 Å². The Kier molecular flexibility index (Phi) is 9.42. The van der Waals surface area contributed by atoms with E-state index in [9.17, 15) is 24.9 Å². The molecule has 5 atom stereocenters. The van der Waals surface area contributed by atoms with Crippen LogP contribution in [0.4, 0.5) is 5.69 Å². The molecular weight excluding hydrogens is 428 g/mol. The zero-order valence-electron chi connectivity index (χ0n) is 19.9. The third-order valence-corrected chi connectivity index (χ3v) is 5.21. The Morgan fingerprint density at radius 2 is 1.94 bits per heavy atom. The second kappa shape index (κ2) is 11.6. The van der Waals surface area contributed by atoms with Crippen LogP contribution in [0.5, 0.6) is 5.75 Å². The van der Waals surface area contributed by atoms with Gasteiger partial charge >= 0.3 is 0 Å². The van der Waals surface area contributed by atoms with Crippen LogP contribution in [0.1, 0.15) is 34.1 Å². The van der Waals surface area contributed by atoms with Crippen LogP contribution in [-0.2, 0) is 14.3 Å². The van der Waals surface area contributed by atoms with E-state index >= 15 is 0 Å². The molecule has 0 radical (unpaired) electrons. The number of hydrogen-bond donors (Lipinski definition) is 4. The molecule has 2 rings (SSSR count). The Morgan fingerprint density at radius 1 is 1.27 bits per heavy atom. The highest BCUT2D eigenvalue weighted by Gasteiger charge is 2.38. The number of aliphatic hydroxyl groups excluding tert-OH is 3. The van der Waals surface area contributed by atoms with Gasteiger partial charge in [0.1, 0.15) is 36.7 Å². The largest absolute Gasteiger partial charge is 0.489 e. The minimum atomic E-state index is -1.74. The van der Waals surface area contributed by atoms with Gasteiger partial charge in [-0.1, -0.05) is 52.0 Å². The number of carbonyl (C=O) groups excluding carboxylic acids is 2. The predicted octanol–water partition coefficient (Wildman–Crippen LogP) is 1.01. The van der Waals surface area contributed by atoms with Crippen molar-refractivity contribution in [3.8, 4) is 5.75 Å². The number of aliphatic hydroxyl groups is 3.